The number of hydrogen-bond donors (Lipinski definition) is 1. The SMILES string of the molecule is CCOC(=O)C(C)NC(=O)c1ccc(CSC(F)F)o1. The third kappa shape index (κ3) is 5.20. The topological polar surface area (TPSA) is 68.5 Å². The molecule has 0 aromatic carbocycles. The first-order valence-electron chi connectivity index (χ1n) is 5.90. The molecule has 0 saturated heterocycles. The molecule has 0 spiro atoms. The lowest BCUT2D eigenvalue weighted by Crippen LogP contribution is -2.39. The third-order valence-corrected chi connectivity index (χ3v) is 2.93. The number of carbonyl (C=O) groups excluding carboxylic acids is 2. The van der Waals surface area contributed by atoms with E-state index in [2.05, 4.69) is 5.32 Å². The molecule has 0 fully saturated rings. The summed E-state index contributed by atoms with van der Waals surface area (Å²) in [7, 11) is 0. The van der Waals surface area contributed by atoms with Crippen LogP contribution in [0, 0.1) is 0 Å². The molecule has 1 aromatic heterocycles. The lowest BCUT2D eigenvalue weighted by Gasteiger charge is -2.11. The molecule has 0 bridgehead atoms. The summed E-state index contributed by atoms with van der Waals surface area (Å²) in [5, 5.41) is 2.40. The summed E-state index contributed by atoms with van der Waals surface area (Å²) in [6.45, 7) is 3.35. The van der Waals surface area contributed by atoms with Gasteiger partial charge < -0.3 is 14.5 Å². The van der Waals surface area contributed by atoms with Gasteiger partial charge in [0.15, 0.2) is 5.76 Å². The van der Waals surface area contributed by atoms with Crippen LogP contribution in [0.15, 0.2) is 16.5 Å². The predicted molar refractivity (Wildman–Crippen MR) is 69.6 cm³/mol. The van der Waals surface area contributed by atoms with E-state index in [1.54, 1.807) is 6.92 Å². The number of halogens is 2. The van der Waals surface area contributed by atoms with Crippen LogP contribution in [0.2, 0.25) is 0 Å². The number of amides is 1. The Morgan fingerprint density at radius 2 is 2.15 bits per heavy atom. The summed E-state index contributed by atoms with van der Waals surface area (Å²) in [5.74, 6) is -3.45. The molecule has 20 heavy (non-hydrogen) atoms. The van der Waals surface area contributed by atoms with E-state index >= 15 is 0 Å². The van der Waals surface area contributed by atoms with Crippen LogP contribution in [0.1, 0.15) is 30.2 Å². The van der Waals surface area contributed by atoms with E-state index in [0.29, 0.717) is 11.8 Å². The Hall–Kier alpha value is -1.57. The number of nitrogens with one attached hydrogen (secondary N) is 1. The Morgan fingerprint density at radius 3 is 2.75 bits per heavy atom. The van der Waals surface area contributed by atoms with Crippen molar-refractivity contribution < 1.29 is 27.5 Å². The van der Waals surface area contributed by atoms with Crippen LogP contribution in [-0.4, -0.2) is 30.3 Å². The Morgan fingerprint density at radius 1 is 1.45 bits per heavy atom. The first-order valence-corrected chi connectivity index (χ1v) is 6.94. The summed E-state index contributed by atoms with van der Waals surface area (Å²) in [6, 6.07) is 2.00. The van der Waals surface area contributed by atoms with Gasteiger partial charge in [0.2, 0.25) is 0 Å². The van der Waals surface area contributed by atoms with E-state index < -0.39 is 23.7 Å². The predicted octanol–water partition coefficient (Wildman–Crippen LogP) is 2.42. The van der Waals surface area contributed by atoms with Gasteiger partial charge in [-0.05, 0) is 26.0 Å². The maximum Gasteiger partial charge on any atom is 0.328 e. The lowest BCUT2D eigenvalue weighted by molar-refractivity contribution is -0.144. The highest BCUT2D eigenvalue weighted by molar-refractivity contribution is 7.98. The quantitative estimate of drug-likeness (QED) is 0.784. The first-order chi connectivity index (χ1) is 9.43. The molecule has 1 unspecified atom stereocenters. The number of furan rings is 1. The van der Waals surface area contributed by atoms with Gasteiger partial charge in [0, 0.05) is 0 Å². The Balaban J connectivity index is 2.53. The summed E-state index contributed by atoms with van der Waals surface area (Å²) < 4.78 is 33.9. The highest BCUT2D eigenvalue weighted by Gasteiger charge is 2.19. The second-order valence-electron chi connectivity index (χ2n) is 3.78. The first kappa shape index (κ1) is 16.5. The molecule has 1 N–H and O–H groups in total. The third-order valence-electron chi connectivity index (χ3n) is 2.22. The molecule has 0 aliphatic heterocycles. The van der Waals surface area contributed by atoms with Gasteiger partial charge in [-0.25, -0.2) is 4.79 Å². The Bertz CT molecular complexity index is 464. The second-order valence-corrected chi connectivity index (χ2v) is 4.76. The molecule has 112 valence electrons. The minimum absolute atomic E-state index is 0.0294. The van der Waals surface area contributed by atoms with E-state index in [1.807, 2.05) is 0 Å². The van der Waals surface area contributed by atoms with Crippen molar-refractivity contribution in [2.75, 3.05) is 6.61 Å². The molecule has 0 aliphatic rings. The van der Waals surface area contributed by atoms with Gasteiger partial charge in [0.25, 0.3) is 11.7 Å². The summed E-state index contributed by atoms with van der Waals surface area (Å²) in [4.78, 5) is 23.1. The van der Waals surface area contributed by atoms with Crippen LogP contribution < -0.4 is 5.32 Å². The molecule has 1 rings (SSSR count). The molecule has 0 radical (unpaired) electrons. The van der Waals surface area contributed by atoms with Crippen molar-refractivity contribution in [3.05, 3.63) is 23.7 Å². The molecule has 1 amide bonds. The van der Waals surface area contributed by atoms with Gasteiger partial charge in [-0.1, -0.05) is 11.8 Å². The number of ether oxygens (including phenoxy) is 1. The molecule has 1 atom stereocenters. The largest absolute Gasteiger partial charge is 0.464 e. The number of hydrogen-bond acceptors (Lipinski definition) is 5. The van der Waals surface area contributed by atoms with Crippen molar-refractivity contribution in [3.63, 3.8) is 0 Å². The number of carbonyl (C=O) groups is 2. The molecular formula is C12H15F2NO4S. The minimum atomic E-state index is -2.50. The van der Waals surface area contributed by atoms with Crippen molar-refractivity contribution in [1.29, 1.82) is 0 Å². The maximum atomic E-state index is 12.0. The van der Waals surface area contributed by atoms with E-state index in [9.17, 15) is 18.4 Å². The number of rotatable bonds is 7. The van der Waals surface area contributed by atoms with Gasteiger partial charge in [0.05, 0.1) is 12.4 Å². The molecule has 8 heteroatoms. The summed E-state index contributed by atoms with van der Waals surface area (Å²) in [6.07, 6.45) is 0. The molecule has 1 aromatic rings. The van der Waals surface area contributed by atoms with Crippen molar-refractivity contribution in [2.24, 2.45) is 0 Å². The highest BCUT2D eigenvalue weighted by Crippen LogP contribution is 2.21. The van der Waals surface area contributed by atoms with Crippen LogP contribution in [0.3, 0.4) is 0 Å². The average Bonchev–Trinajstić information content (AvgIpc) is 2.85. The van der Waals surface area contributed by atoms with Crippen LogP contribution in [-0.2, 0) is 15.3 Å². The average molecular weight is 307 g/mol. The normalized spacial score (nSPS) is 12.2. The molecule has 5 nitrogen and oxygen atoms in total. The lowest BCUT2D eigenvalue weighted by atomic mass is 10.3. The Labute approximate surface area is 119 Å². The molecule has 0 saturated carbocycles. The fraction of sp³-hybridized carbons (Fsp3) is 0.500. The van der Waals surface area contributed by atoms with Gasteiger partial charge >= 0.3 is 5.97 Å². The standard InChI is InChI=1S/C12H15F2NO4S/c1-3-18-11(17)7(2)15-10(16)9-5-4-8(19-9)6-20-12(13)14/h4-5,7,12H,3,6H2,1-2H3,(H,15,16). The van der Waals surface area contributed by atoms with E-state index in [4.69, 9.17) is 9.15 Å². The monoisotopic (exact) mass is 307 g/mol. The second kappa shape index (κ2) is 7.88. The zero-order valence-corrected chi connectivity index (χ0v) is 11.8. The summed E-state index contributed by atoms with van der Waals surface area (Å²) >= 11 is 0.402. The zero-order chi connectivity index (χ0) is 15.1. The van der Waals surface area contributed by atoms with Crippen molar-refractivity contribution in [2.45, 2.75) is 31.4 Å². The summed E-state index contributed by atoms with van der Waals surface area (Å²) in [5.41, 5.74) is 0. The smallest absolute Gasteiger partial charge is 0.328 e. The van der Waals surface area contributed by atoms with Crippen LogP contribution in [0.5, 0.6) is 0 Å². The van der Waals surface area contributed by atoms with Gasteiger partial charge in [-0.3, -0.25) is 4.79 Å². The Kier molecular flexibility index (Phi) is 6.50. The fourth-order valence-corrected chi connectivity index (χ4v) is 1.76. The van der Waals surface area contributed by atoms with E-state index in [-0.39, 0.29) is 23.9 Å². The minimum Gasteiger partial charge on any atom is -0.464 e. The maximum absolute atomic E-state index is 12.0. The van der Waals surface area contributed by atoms with Crippen molar-refractivity contribution >= 4 is 23.6 Å². The van der Waals surface area contributed by atoms with Gasteiger partial charge in [-0.2, -0.15) is 8.78 Å². The van der Waals surface area contributed by atoms with E-state index in [0.717, 1.165) is 0 Å². The van der Waals surface area contributed by atoms with Crippen LogP contribution in [0.25, 0.3) is 0 Å². The van der Waals surface area contributed by atoms with Gasteiger partial charge in [0.1, 0.15) is 11.8 Å². The number of alkyl halides is 2. The molecule has 0 aliphatic carbocycles. The number of thioether (sulfide) groups is 1. The fourth-order valence-electron chi connectivity index (χ4n) is 1.32. The van der Waals surface area contributed by atoms with Gasteiger partial charge in [-0.15, -0.1) is 0 Å². The number of esters is 1. The van der Waals surface area contributed by atoms with Crippen molar-refractivity contribution in [1.82, 2.24) is 5.32 Å². The zero-order valence-electron chi connectivity index (χ0n) is 11.0. The highest BCUT2D eigenvalue weighted by atomic mass is 32.2. The molecular weight excluding hydrogens is 292 g/mol. The van der Waals surface area contributed by atoms with Crippen molar-refractivity contribution in [3.8, 4) is 0 Å². The van der Waals surface area contributed by atoms with E-state index in [1.165, 1.54) is 19.1 Å². The van der Waals surface area contributed by atoms with Crippen LogP contribution >= 0.6 is 11.8 Å². The molecule has 1 heterocycles. The van der Waals surface area contributed by atoms with Crippen LogP contribution in [0.4, 0.5) is 8.78 Å².